The Morgan fingerprint density at radius 3 is 2.88 bits per heavy atom. The third-order valence-corrected chi connectivity index (χ3v) is 6.36. The Hall–Kier alpha value is -2.49. The zero-order valence-corrected chi connectivity index (χ0v) is 15.6. The molecule has 1 unspecified atom stereocenters. The van der Waals surface area contributed by atoms with Gasteiger partial charge in [0.2, 0.25) is 5.91 Å². The van der Waals surface area contributed by atoms with E-state index in [-0.39, 0.29) is 11.8 Å². The molecule has 0 saturated carbocycles. The van der Waals surface area contributed by atoms with E-state index in [2.05, 4.69) is 13.1 Å². The summed E-state index contributed by atoms with van der Waals surface area (Å²) in [5, 5.41) is 12.9. The maximum atomic E-state index is 12.9. The standard InChI is InChI=1S/C20H19N3O2S/c1-22-11-23-18(24)9-15(16(10-21)20(23)26-12-22)19-14-6-4-3-5-13(14)7-8-17(19)25-2/h3-8,15H,9,11-12H2,1-2H3/p+1/t15-/m1/s1. The van der Waals surface area contributed by atoms with Gasteiger partial charge >= 0.3 is 0 Å². The number of carbonyl (C=O) groups excluding carboxylic acids is 1. The molecule has 1 fully saturated rings. The Balaban J connectivity index is 1.94. The van der Waals surface area contributed by atoms with Crippen molar-refractivity contribution in [3.05, 3.63) is 52.6 Å². The molecule has 0 spiro atoms. The van der Waals surface area contributed by atoms with Crippen LogP contribution in [0.3, 0.4) is 0 Å². The number of quaternary nitrogens is 1. The van der Waals surface area contributed by atoms with Crippen molar-refractivity contribution in [2.45, 2.75) is 12.3 Å². The first-order valence-electron chi connectivity index (χ1n) is 8.58. The second-order valence-electron chi connectivity index (χ2n) is 6.72. The molecule has 132 valence electrons. The SMILES string of the molecule is COc1ccc2ccccc2c1[C@@H]1CC(=O)N2C[NH+](C)CSC2=C1C#N. The Morgan fingerprint density at radius 1 is 1.31 bits per heavy atom. The predicted molar refractivity (Wildman–Crippen MR) is 102 cm³/mol. The number of fused-ring (bicyclic) bond motifs is 2. The number of thioether (sulfide) groups is 1. The highest BCUT2D eigenvalue weighted by atomic mass is 32.2. The molecule has 1 amide bonds. The highest BCUT2D eigenvalue weighted by Gasteiger charge is 2.40. The third kappa shape index (κ3) is 2.64. The zero-order valence-electron chi connectivity index (χ0n) is 14.8. The molecule has 0 aliphatic carbocycles. The quantitative estimate of drug-likeness (QED) is 0.884. The predicted octanol–water partition coefficient (Wildman–Crippen LogP) is 2.08. The normalized spacial score (nSPS) is 23.0. The first-order valence-corrected chi connectivity index (χ1v) is 9.57. The lowest BCUT2D eigenvalue weighted by atomic mass is 9.83. The van der Waals surface area contributed by atoms with Crippen molar-refractivity contribution in [3.8, 4) is 11.8 Å². The van der Waals surface area contributed by atoms with Gasteiger partial charge in [0.15, 0.2) is 6.67 Å². The van der Waals surface area contributed by atoms with Crippen LogP contribution in [0.25, 0.3) is 10.8 Å². The number of nitrogens with zero attached hydrogens (tertiary/aromatic N) is 2. The van der Waals surface area contributed by atoms with Crippen molar-refractivity contribution < 1.29 is 14.4 Å². The summed E-state index contributed by atoms with van der Waals surface area (Å²) in [7, 11) is 3.69. The summed E-state index contributed by atoms with van der Waals surface area (Å²) in [6.07, 6.45) is 0.296. The largest absolute Gasteiger partial charge is 0.496 e. The van der Waals surface area contributed by atoms with E-state index in [1.165, 1.54) is 4.90 Å². The number of ether oxygens (including phenoxy) is 1. The summed E-state index contributed by atoms with van der Waals surface area (Å²) < 4.78 is 5.62. The highest BCUT2D eigenvalue weighted by Crippen LogP contribution is 2.45. The van der Waals surface area contributed by atoms with Crippen LogP contribution in [0.1, 0.15) is 17.9 Å². The van der Waals surface area contributed by atoms with Crippen LogP contribution >= 0.6 is 11.8 Å². The van der Waals surface area contributed by atoms with Crippen LogP contribution in [0, 0.1) is 11.3 Å². The van der Waals surface area contributed by atoms with E-state index in [4.69, 9.17) is 4.74 Å². The van der Waals surface area contributed by atoms with Gasteiger partial charge in [-0.3, -0.25) is 9.69 Å². The monoisotopic (exact) mass is 366 g/mol. The van der Waals surface area contributed by atoms with Crippen LogP contribution in [-0.4, -0.2) is 37.5 Å². The number of hydrogen-bond acceptors (Lipinski definition) is 4. The first kappa shape index (κ1) is 17.0. The van der Waals surface area contributed by atoms with Gasteiger partial charge in [-0.2, -0.15) is 5.26 Å². The molecule has 4 rings (SSSR count). The molecule has 1 N–H and O–H groups in total. The molecule has 6 heteroatoms. The van der Waals surface area contributed by atoms with Gasteiger partial charge < -0.3 is 9.64 Å². The minimum atomic E-state index is -0.272. The van der Waals surface area contributed by atoms with Crippen molar-refractivity contribution in [3.63, 3.8) is 0 Å². The van der Waals surface area contributed by atoms with Gasteiger partial charge in [0.25, 0.3) is 0 Å². The van der Waals surface area contributed by atoms with Crippen LogP contribution < -0.4 is 9.64 Å². The molecule has 5 nitrogen and oxygen atoms in total. The van der Waals surface area contributed by atoms with Crippen LogP contribution in [0.15, 0.2) is 47.0 Å². The Bertz CT molecular complexity index is 963. The molecule has 2 aliphatic heterocycles. The van der Waals surface area contributed by atoms with Gasteiger partial charge in [0.05, 0.1) is 25.8 Å². The molecular formula is C20H20N3O2S+. The molecule has 2 aromatic carbocycles. The van der Waals surface area contributed by atoms with Crippen LogP contribution in [-0.2, 0) is 4.79 Å². The van der Waals surface area contributed by atoms with Crippen molar-refractivity contribution in [2.24, 2.45) is 0 Å². The van der Waals surface area contributed by atoms with Gasteiger partial charge in [0.1, 0.15) is 16.7 Å². The average Bonchev–Trinajstić information content (AvgIpc) is 2.67. The fraction of sp³-hybridized carbons (Fsp3) is 0.300. The lowest BCUT2D eigenvalue weighted by Gasteiger charge is -2.38. The minimum absolute atomic E-state index is 0.0746. The van der Waals surface area contributed by atoms with E-state index in [0.29, 0.717) is 18.7 Å². The molecule has 1 saturated heterocycles. The summed E-state index contributed by atoms with van der Waals surface area (Å²) in [6.45, 7) is 0.617. The second-order valence-corrected chi connectivity index (χ2v) is 7.68. The van der Waals surface area contributed by atoms with E-state index in [0.717, 1.165) is 33.0 Å². The number of rotatable bonds is 2. The maximum absolute atomic E-state index is 12.9. The van der Waals surface area contributed by atoms with Crippen molar-refractivity contribution in [1.29, 1.82) is 5.26 Å². The summed E-state index contributed by atoms with van der Waals surface area (Å²) in [4.78, 5) is 15.9. The van der Waals surface area contributed by atoms with E-state index in [1.807, 2.05) is 36.4 Å². The third-order valence-electron chi connectivity index (χ3n) is 5.01. The highest BCUT2D eigenvalue weighted by molar-refractivity contribution is 8.02. The number of allylic oxidation sites excluding steroid dienone is 1. The Labute approximate surface area is 156 Å². The number of benzene rings is 2. The summed E-state index contributed by atoms with van der Waals surface area (Å²) >= 11 is 1.59. The van der Waals surface area contributed by atoms with Gasteiger partial charge in [-0.05, 0) is 28.6 Å². The van der Waals surface area contributed by atoms with E-state index >= 15 is 0 Å². The molecular weight excluding hydrogens is 346 g/mol. The fourth-order valence-corrected chi connectivity index (χ4v) is 4.94. The van der Waals surface area contributed by atoms with E-state index in [9.17, 15) is 10.1 Å². The molecule has 2 aromatic rings. The first-order chi connectivity index (χ1) is 12.6. The average molecular weight is 366 g/mol. The molecule has 2 aliphatic rings. The van der Waals surface area contributed by atoms with Gasteiger partial charge in [0, 0.05) is 17.9 Å². The number of hydrogen-bond donors (Lipinski definition) is 1. The molecule has 2 heterocycles. The molecule has 0 radical (unpaired) electrons. The van der Waals surface area contributed by atoms with Crippen molar-refractivity contribution in [2.75, 3.05) is 26.7 Å². The number of nitrogens with one attached hydrogen (secondary N) is 1. The fourth-order valence-electron chi connectivity index (χ4n) is 3.80. The number of carbonyl (C=O) groups is 1. The molecule has 26 heavy (non-hydrogen) atoms. The van der Waals surface area contributed by atoms with E-state index < -0.39 is 0 Å². The zero-order chi connectivity index (χ0) is 18.3. The van der Waals surface area contributed by atoms with Crippen molar-refractivity contribution >= 4 is 28.4 Å². The van der Waals surface area contributed by atoms with E-state index in [1.54, 1.807) is 23.8 Å². The summed E-state index contributed by atoms with van der Waals surface area (Å²) in [5.74, 6) is 1.38. The lowest BCUT2D eigenvalue weighted by molar-refractivity contribution is -0.876. The Kier molecular flexibility index (Phi) is 4.35. The summed E-state index contributed by atoms with van der Waals surface area (Å²) in [5.41, 5.74) is 1.62. The van der Waals surface area contributed by atoms with Gasteiger partial charge in [-0.25, -0.2) is 0 Å². The number of methoxy groups -OCH3 is 1. The maximum Gasteiger partial charge on any atom is 0.232 e. The molecule has 2 atom stereocenters. The second kappa shape index (κ2) is 6.67. The smallest absolute Gasteiger partial charge is 0.232 e. The molecule has 0 aromatic heterocycles. The van der Waals surface area contributed by atoms with Crippen LogP contribution in [0.2, 0.25) is 0 Å². The van der Waals surface area contributed by atoms with Crippen LogP contribution in [0.4, 0.5) is 0 Å². The van der Waals surface area contributed by atoms with Crippen molar-refractivity contribution in [1.82, 2.24) is 4.90 Å². The van der Waals surface area contributed by atoms with Gasteiger partial charge in [-0.1, -0.05) is 30.3 Å². The van der Waals surface area contributed by atoms with Crippen LogP contribution in [0.5, 0.6) is 5.75 Å². The minimum Gasteiger partial charge on any atom is -0.496 e. The topological polar surface area (TPSA) is 57.8 Å². The molecule has 0 bridgehead atoms. The lowest BCUT2D eigenvalue weighted by Crippen LogP contribution is -3.11. The van der Waals surface area contributed by atoms with Gasteiger partial charge in [-0.15, -0.1) is 0 Å². The number of amides is 1. The Morgan fingerprint density at radius 2 is 2.12 bits per heavy atom. The summed E-state index contributed by atoms with van der Waals surface area (Å²) in [6, 6.07) is 14.4. The number of nitriles is 1.